The Morgan fingerprint density at radius 3 is 2.83 bits per heavy atom. The van der Waals surface area contributed by atoms with E-state index in [-0.39, 0.29) is 11.7 Å². The van der Waals surface area contributed by atoms with E-state index in [2.05, 4.69) is 27.4 Å². The monoisotopic (exact) mass is 432 g/mol. The van der Waals surface area contributed by atoms with Gasteiger partial charge in [-0.25, -0.2) is 12.7 Å². The summed E-state index contributed by atoms with van der Waals surface area (Å²) < 4.78 is 30.4. The van der Waals surface area contributed by atoms with Gasteiger partial charge >= 0.3 is 0 Å². The van der Waals surface area contributed by atoms with Crippen LogP contribution in [0.5, 0.6) is 0 Å². The molecule has 0 unspecified atom stereocenters. The van der Waals surface area contributed by atoms with E-state index in [0.717, 1.165) is 29.9 Å². The first kappa shape index (κ1) is 20.0. The predicted octanol–water partition coefficient (Wildman–Crippen LogP) is 2.70. The van der Waals surface area contributed by atoms with Crippen LogP contribution in [-0.2, 0) is 16.6 Å². The molecule has 1 aliphatic rings. The fourth-order valence-electron chi connectivity index (χ4n) is 3.75. The van der Waals surface area contributed by atoms with Gasteiger partial charge in [0.05, 0.1) is 24.2 Å². The molecule has 0 amide bonds. The fourth-order valence-corrected chi connectivity index (χ4v) is 5.17. The van der Waals surface area contributed by atoms with E-state index in [1.165, 1.54) is 0 Å². The summed E-state index contributed by atoms with van der Waals surface area (Å²) in [6, 6.07) is 10.1. The van der Waals surface area contributed by atoms with Crippen molar-refractivity contribution >= 4 is 22.2 Å². The maximum absolute atomic E-state index is 12.3. The number of hydrogen-bond donors (Lipinski definition) is 1. The van der Waals surface area contributed by atoms with Gasteiger partial charge in [0.15, 0.2) is 4.77 Å². The van der Waals surface area contributed by atoms with Crippen LogP contribution in [-0.4, -0.2) is 56.1 Å². The molecule has 0 spiro atoms. The minimum Gasteiger partial charge on any atom is -0.269 e. The summed E-state index contributed by atoms with van der Waals surface area (Å²) in [5.41, 5.74) is 1.98. The van der Waals surface area contributed by atoms with Crippen LogP contribution in [0.2, 0.25) is 0 Å². The van der Waals surface area contributed by atoms with E-state index in [1.54, 1.807) is 17.4 Å². The van der Waals surface area contributed by atoms with Crippen LogP contribution in [0.15, 0.2) is 42.7 Å². The van der Waals surface area contributed by atoms with Gasteiger partial charge in [-0.05, 0) is 37.5 Å². The van der Waals surface area contributed by atoms with Crippen LogP contribution in [0.3, 0.4) is 0 Å². The number of nitrogens with zero attached hydrogens (tertiary/aromatic N) is 5. The second kappa shape index (κ2) is 8.21. The second-order valence-corrected chi connectivity index (χ2v) is 9.85. The van der Waals surface area contributed by atoms with Gasteiger partial charge in [0.1, 0.15) is 5.82 Å². The topological polar surface area (TPSA) is 88.8 Å². The summed E-state index contributed by atoms with van der Waals surface area (Å²) in [6.07, 6.45) is 5.37. The molecule has 0 bridgehead atoms. The molecule has 1 saturated heterocycles. The molecule has 1 N–H and O–H groups in total. The molecule has 10 heteroatoms. The fraction of sp³-hybridized carbons (Fsp3) is 0.421. The molecule has 1 aromatic carbocycles. The maximum Gasteiger partial charge on any atom is 0.213 e. The third-order valence-electron chi connectivity index (χ3n) is 5.27. The van der Waals surface area contributed by atoms with E-state index in [1.807, 2.05) is 33.6 Å². The number of piperidine rings is 1. The van der Waals surface area contributed by atoms with Crippen LogP contribution in [0.25, 0.3) is 5.69 Å². The zero-order valence-corrected chi connectivity index (χ0v) is 17.9. The first-order valence-electron chi connectivity index (χ1n) is 9.70. The van der Waals surface area contributed by atoms with Gasteiger partial charge in [0, 0.05) is 25.2 Å². The largest absolute Gasteiger partial charge is 0.269 e. The number of aromatic amines is 1. The second-order valence-electron chi connectivity index (χ2n) is 7.20. The van der Waals surface area contributed by atoms with Crippen molar-refractivity contribution in [2.75, 3.05) is 18.8 Å². The molecule has 154 valence electrons. The zero-order chi connectivity index (χ0) is 20.4. The van der Waals surface area contributed by atoms with E-state index in [9.17, 15) is 8.42 Å². The smallest absolute Gasteiger partial charge is 0.213 e. The molecular weight excluding hydrogens is 408 g/mol. The summed E-state index contributed by atoms with van der Waals surface area (Å²) in [7, 11) is -3.22. The Morgan fingerprint density at radius 2 is 2.07 bits per heavy atom. The normalized spacial score (nSPS) is 18.2. The summed E-state index contributed by atoms with van der Waals surface area (Å²) in [5, 5.41) is 11.8. The lowest BCUT2D eigenvalue weighted by Crippen LogP contribution is -2.40. The molecule has 1 atom stereocenters. The third kappa shape index (κ3) is 4.19. The highest BCUT2D eigenvalue weighted by Gasteiger charge is 2.31. The Balaban J connectivity index is 1.61. The first-order valence-corrected chi connectivity index (χ1v) is 11.7. The standard InChI is InChI=1S/C19H24N6O2S2/c1-2-29(26,27)24-10-6-9-16(13-24)18-21-22-19(28)25(18)17-11-20-23(14-17)12-15-7-4-3-5-8-15/h3-5,7-8,11,14,16H,2,6,9-10,12-13H2,1H3,(H,22,28)/t16-/m0/s1. The predicted molar refractivity (Wildman–Crippen MR) is 113 cm³/mol. The molecule has 4 rings (SSSR count). The summed E-state index contributed by atoms with van der Waals surface area (Å²) in [5.74, 6) is 0.847. The number of nitrogens with one attached hydrogen (secondary N) is 1. The molecule has 8 nitrogen and oxygen atoms in total. The van der Waals surface area contributed by atoms with Crippen molar-refractivity contribution in [2.45, 2.75) is 32.2 Å². The van der Waals surface area contributed by atoms with Crippen LogP contribution < -0.4 is 0 Å². The average molecular weight is 433 g/mol. The Bertz CT molecular complexity index is 1130. The van der Waals surface area contributed by atoms with E-state index in [4.69, 9.17) is 12.2 Å². The van der Waals surface area contributed by atoms with Gasteiger partial charge in [-0.3, -0.25) is 14.3 Å². The Labute approximate surface area is 175 Å². The van der Waals surface area contributed by atoms with E-state index in [0.29, 0.717) is 24.4 Å². The van der Waals surface area contributed by atoms with E-state index < -0.39 is 10.0 Å². The molecule has 1 fully saturated rings. The number of rotatable bonds is 6. The molecule has 1 aliphatic heterocycles. The van der Waals surface area contributed by atoms with Gasteiger partial charge in [0.2, 0.25) is 10.0 Å². The maximum atomic E-state index is 12.3. The summed E-state index contributed by atoms with van der Waals surface area (Å²) in [4.78, 5) is 0. The SMILES string of the molecule is CCS(=O)(=O)N1CCC[C@H](c2n[nH]c(=S)n2-c2cnn(Cc3ccccc3)c2)C1. The first-order chi connectivity index (χ1) is 14.0. The van der Waals surface area contributed by atoms with Gasteiger partial charge < -0.3 is 0 Å². The Kier molecular flexibility index (Phi) is 5.66. The molecule has 3 aromatic rings. The minimum atomic E-state index is -3.22. The van der Waals surface area contributed by atoms with Crippen LogP contribution in [0, 0.1) is 4.77 Å². The number of H-pyrrole nitrogens is 1. The van der Waals surface area contributed by atoms with Crippen molar-refractivity contribution in [1.82, 2.24) is 28.9 Å². The number of hydrogen-bond acceptors (Lipinski definition) is 5. The van der Waals surface area contributed by atoms with Crippen molar-refractivity contribution in [1.29, 1.82) is 0 Å². The van der Waals surface area contributed by atoms with Gasteiger partial charge in [0.25, 0.3) is 0 Å². The van der Waals surface area contributed by atoms with Crippen molar-refractivity contribution < 1.29 is 8.42 Å². The molecule has 0 radical (unpaired) electrons. The van der Waals surface area contributed by atoms with Crippen LogP contribution in [0.1, 0.15) is 37.1 Å². The molecule has 0 saturated carbocycles. The average Bonchev–Trinajstić information content (AvgIpc) is 3.35. The minimum absolute atomic E-state index is 0.0181. The van der Waals surface area contributed by atoms with Crippen molar-refractivity contribution in [2.24, 2.45) is 0 Å². The van der Waals surface area contributed by atoms with Crippen molar-refractivity contribution in [3.05, 3.63) is 58.9 Å². The molecule has 0 aliphatic carbocycles. The third-order valence-corrected chi connectivity index (χ3v) is 7.39. The molecule has 3 heterocycles. The highest BCUT2D eigenvalue weighted by molar-refractivity contribution is 7.89. The molecule has 2 aromatic heterocycles. The quantitative estimate of drug-likeness (QED) is 0.605. The Morgan fingerprint density at radius 1 is 1.28 bits per heavy atom. The Hall–Kier alpha value is -2.30. The highest BCUT2D eigenvalue weighted by atomic mass is 32.2. The van der Waals surface area contributed by atoms with Gasteiger partial charge in [-0.1, -0.05) is 30.3 Å². The van der Waals surface area contributed by atoms with Gasteiger partial charge in [-0.15, -0.1) is 0 Å². The lowest BCUT2D eigenvalue weighted by Gasteiger charge is -2.31. The number of aromatic nitrogens is 5. The van der Waals surface area contributed by atoms with Gasteiger partial charge in [-0.2, -0.15) is 10.2 Å². The lowest BCUT2D eigenvalue weighted by atomic mass is 9.99. The summed E-state index contributed by atoms with van der Waals surface area (Å²) >= 11 is 5.46. The number of sulfonamides is 1. The number of benzene rings is 1. The van der Waals surface area contributed by atoms with Crippen LogP contribution >= 0.6 is 12.2 Å². The molecule has 29 heavy (non-hydrogen) atoms. The summed E-state index contributed by atoms with van der Waals surface area (Å²) in [6.45, 7) is 3.32. The lowest BCUT2D eigenvalue weighted by molar-refractivity contribution is 0.308. The highest BCUT2D eigenvalue weighted by Crippen LogP contribution is 2.29. The van der Waals surface area contributed by atoms with Crippen molar-refractivity contribution in [3.8, 4) is 5.69 Å². The zero-order valence-electron chi connectivity index (χ0n) is 16.2. The molecular formula is C19H24N6O2S2. The van der Waals surface area contributed by atoms with E-state index >= 15 is 0 Å². The van der Waals surface area contributed by atoms with Crippen molar-refractivity contribution in [3.63, 3.8) is 0 Å². The van der Waals surface area contributed by atoms with Crippen LogP contribution in [0.4, 0.5) is 0 Å².